The highest BCUT2D eigenvalue weighted by Crippen LogP contribution is 2.35. The van der Waals surface area contributed by atoms with Crippen molar-refractivity contribution in [3.8, 4) is 0 Å². The Hall–Kier alpha value is -0.390. The maximum Gasteiger partial charge on any atom is 0.230 e. The topological polar surface area (TPSA) is 40.5 Å². The fraction of sp³-hybridized carbons (Fsp3) is 0.765. The standard InChI is InChI=1S/C17H29NO2S2/c1-7-8-12(4)17(5,6)14(19)9-15(20)18-13(11(2)3)10-22-16(18)21/h7-8,11-14,19H,9-10H2,1-6H3/b8-7+/t12-,13-,14-/m0/s1. The maximum absolute atomic E-state index is 12.7. The Morgan fingerprint density at radius 1 is 1.50 bits per heavy atom. The van der Waals surface area contributed by atoms with Crippen molar-refractivity contribution >= 4 is 34.2 Å². The molecule has 1 aliphatic rings. The third kappa shape index (κ3) is 4.33. The van der Waals surface area contributed by atoms with Crippen molar-refractivity contribution in [2.45, 2.75) is 60.1 Å². The molecule has 1 rings (SSSR count). The van der Waals surface area contributed by atoms with Gasteiger partial charge in [-0.25, -0.2) is 0 Å². The van der Waals surface area contributed by atoms with Gasteiger partial charge in [-0.15, -0.1) is 0 Å². The predicted molar refractivity (Wildman–Crippen MR) is 98.9 cm³/mol. The van der Waals surface area contributed by atoms with Gasteiger partial charge >= 0.3 is 0 Å². The summed E-state index contributed by atoms with van der Waals surface area (Å²) in [7, 11) is 0. The molecule has 1 fully saturated rings. The average molecular weight is 344 g/mol. The first-order chi connectivity index (χ1) is 10.1. The number of aliphatic hydroxyl groups excluding tert-OH is 1. The Morgan fingerprint density at radius 3 is 2.59 bits per heavy atom. The van der Waals surface area contributed by atoms with Crippen LogP contribution >= 0.6 is 24.0 Å². The van der Waals surface area contributed by atoms with Crippen LogP contribution in [-0.4, -0.2) is 38.1 Å². The van der Waals surface area contributed by atoms with E-state index in [4.69, 9.17) is 12.2 Å². The quantitative estimate of drug-likeness (QED) is 0.587. The minimum absolute atomic E-state index is 0.0537. The molecule has 5 heteroatoms. The van der Waals surface area contributed by atoms with E-state index in [1.54, 1.807) is 16.7 Å². The van der Waals surface area contributed by atoms with Crippen LogP contribution in [0.5, 0.6) is 0 Å². The Balaban J connectivity index is 2.80. The van der Waals surface area contributed by atoms with Crippen molar-refractivity contribution in [2.24, 2.45) is 17.3 Å². The van der Waals surface area contributed by atoms with Crippen molar-refractivity contribution < 1.29 is 9.90 Å². The highest BCUT2D eigenvalue weighted by Gasteiger charge is 2.39. The molecular formula is C17H29NO2S2. The van der Waals surface area contributed by atoms with Crippen molar-refractivity contribution in [1.29, 1.82) is 0 Å². The van der Waals surface area contributed by atoms with Gasteiger partial charge in [0.15, 0.2) is 0 Å². The molecular weight excluding hydrogens is 314 g/mol. The molecule has 1 N–H and O–H groups in total. The molecule has 0 radical (unpaired) electrons. The average Bonchev–Trinajstić information content (AvgIpc) is 2.80. The van der Waals surface area contributed by atoms with E-state index < -0.39 is 6.10 Å². The van der Waals surface area contributed by atoms with Crippen LogP contribution in [0.3, 0.4) is 0 Å². The van der Waals surface area contributed by atoms with Crippen molar-refractivity contribution in [3.63, 3.8) is 0 Å². The fourth-order valence-electron chi connectivity index (χ4n) is 2.58. The van der Waals surface area contributed by atoms with Crippen LogP contribution < -0.4 is 0 Å². The second-order valence-electron chi connectivity index (χ2n) is 7.01. The maximum atomic E-state index is 12.7. The molecule has 0 unspecified atom stereocenters. The number of carbonyl (C=O) groups excluding carboxylic acids is 1. The molecule has 3 atom stereocenters. The second-order valence-corrected chi connectivity index (χ2v) is 8.66. The first-order valence-corrected chi connectivity index (χ1v) is 9.32. The fourth-order valence-corrected chi connectivity index (χ4v) is 4.25. The Morgan fingerprint density at radius 2 is 2.09 bits per heavy atom. The third-order valence-electron chi connectivity index (χ3n) is 4.83. The van der Waals surface area contributed by atoms with E-state index in [-0.39, 0.29) is 29.7 Å². The van der Waals surface area contributed by atoms with Gasteiger partial charge in [0, 0.05) is 11.8 Å². The van der Waals surface area contributed by atoms with Crippen molar-refractivity contribution in [2.75, 3.05) is 5.75 Å². The summed E-state index contributed by atoms with van der Waals surface area (Å²) < 4.78 is 0.648. The largest absolute Gasteiger partial charge is 0.392 e. The molecule has 1 aliphatic heterocycles. The van der Waals surface area contributed by atoms with E-state index >= 15 is 0 Å². The van der Waals surface area contributed by atoms with Gasteiger partial charge in [0.2, 0.25) is 5.91 Å². The van der Waals surface area contributed by atoms with Crippen LogP contribution in [0.25, 0.3) is 0 Å². The van der Waals surface area contributed by atoms with Gasteiger partial charge in [-0.3, -0.25) is 9.69 Å². The Kier molecular flexibility index (Phi) is 7.09. The van der Waals surface area contributed by atoms with E-state index in [9.17, 15) is 9.90 Å². The summed E-state index contributed by atoms with van der Waals surface area (Å²) >= 11 is 6.89. The Bertz CT molecular complexity index is 446. The van der Waals surface area contributed by atoms with E-state index in [0.717, 1.165) is 5.75 Å². The molecule has 3 nitrogen and oxygen atoms in total. The van der Waals surface area contributed by atoms with Gasteiger partial charge in [0.25, 0.3) is 0 Å². The summed E-state index contributed by atoms with van der Waals surface area (Å²) in [6, 6.07) is 0.147. The number of allylic oxidation sites excluding steroid dienone is 2. The molecule has 0 aromatic rings. The lowest BCUT2D eigenvalue weighted by atomic mass is 9.74. The van der Waals surface area contributed by atoms with Gasteiger partial charge in [-0.05, 0) is 24.2 Å². The molecule has 126 valence electrons. The third-order valence-corrected chi connectivity index (χ3v) is 6.33. The molecule has 0 aliphatic carbocycles. The Labute approximate surface area is 144 Å². The summed E-state index contributed by atoms with van der Waals surface area (Å²) in [5.41, 5.74) is -0.357. The van der Waals surface area contributed by atoms with Gasteiger partial charge in [-0.1, -0.05) is 70.8 Å². The summed E-state index contributed by atoms with van der Waals surface area (Å²) in [6.45, 7) is 12.3. The summed E-state index contributed by atoms with van der Waals surface area (Å²) in [5, 5.41) is 10.6. The number of carbonyl (C=O) groups is 1. The van der Waals surface area contributed by atoms with Crippen molar-refractivity contribution in [3.05, 3.63) is 12.2 Å². The van der Waals surface area contributed by atoms with Crippen LogP contribution in [0.15, 0.2) is 12.2 Å². The number of hydrogen-bond acceptors (Lipinski definition) is 4. The van der Waals surface area contributed by atoms with E-state index in [0.29, 0.717) is 10.2 Å². The lowest BCUT2D eigenvalue weighted by Crippen LogP contribution is -2.45. The van der Waals surface area contributed by atoms with Crippen LogP contribution in [0.4, 0.5) is 0 Å². The molecule has 0 bridgehead atoms. The number of thiocarbonyl (C=S) groups is 1. The van der Waals surface area contributed by atoms with Gasteiger partial charge < -0.3 is 5.11 Å². The zero-order valence-corrected chi connectivity index (χ0v) is 16.1. The van der Waals surface area contributed by atoms with Crippen LogP contribution in [-0.2, 0) is 4.79 Å². The number of rotatable bonds is 6. The van der Waals surface area contributed by atoms with Gasteiger partial charge in [-0.2, -0.15) is 0 Å². The molecule has 0 saturated carbocycles. The molecule has 1 heterocycles. The number of thioether (sulfide) groups is 1. The SMILES string of the molecule is C/C=C/[C@H](C)C(C)(C)[C@@H](O)CC(=O)N1C(=S)SC[C@H]1C(C)C. The molecule has 1 saturated heterocycles. The van der Waals surface area contributed by atoms with E-state index in [1.165, 1.54) is 0 Å². The second kappa shape index (κ2) is 7.93. The lowest BCUT2D eigenvalue weighted by Gasteiger charge is -2.36. The van der Waals surface area contributed by atoms with Gasteiger partial charge in [0.05, 0.1) is 12.5 Å². The van der Waals surface area contributed by atoms with Crippen molar-refractivity contribution in [1.82, 2.24) is 4.90 Å². The van der Waals surface area contributed by atoms with Crippen LogP contribution in [0, 0.1) is 17.3 Å². The first-order valence-electron chi connectivity index (χ1n) is 7.92. The van der Waals surface area contributed by atoms with Crippen LogP contribution in [0.1, 0.15) is 48.0 Å². The molecule has 22 heavy (non-hydrogen) atoms. The molecule has 0 aromatic carbocycles. The summed E-state index contributed by atoms with van der Waals surface area (Å²) in [6.07, 6.45) is 3.49. The highest BCUT2D eigenvalue weighted by atomic mass is 32.2. The van der Waals surface area contributed by atoms with E-state index in [1.807, 2.05) is 26.8 Å². The minimum atomic E-state index is -0.688. The molecule has 0 spiro atoms. The smallest absolute Gasteiger partial charge is 0.230 e. The highest BCUT2D eigenvalue weighted by molar-refractivity contribution is 8.23. The zero-order chi connectivity index (χ0) is 17.1. The first kappa shape index (κ1) is 19.7. The number of nitrogens with zero attached hydrogens (tertiary/aromatic N) is 1. The normalized spacial score (nSPS) is 22.6. The zero-order valence-electron chi connectivity index (χ0n) is 14.5. The van der Waals surface area contributed by atoms with Gasteiger partial charge in [0.1, 0.15) is 4.32 Å². The monoisotopic (exact) mass is 343 g/mol. The van der Waals surface area contributed by atoms with E-state index in [2.05, 4.69) is 26.8 Å². The van der Waals surface area contributed by atoms with Crippen LogP contribution in [0.2, 0.25) is 0 Å². The number of hydrogen-bond donors (Lipinski definition) is 1. The predicted octanol–water partition coefficient (Wildman–Crippen LogP) is 3.86. The summed E-state index contributed by atoms with van der Waals surface area (Å²) in [5.74, 6) is 1.36. The lowest BCUT2D eigenvalue weighted by molar-refractivity contribution is -0.133. The summed E-state index contributed by atoms with van der Waals surface area (Å²) in [4.78, 5) is 14.4. The minimum Gasteiger partial charge on any atom is -0.392 e. The molecule has 1 amide bonds. The number of aliphatic hydroxyl groups is 1. The molecule has 0 aromatic heterocycles. The number of amides is 1.